The molecule has 0 atom stereocenters. The Kier molecular flexibility index (Phi) is 4.26. The minimum atomic E-state index is 0.657. The van der Waals surface area contributed by atoms with Crippen molar-refractivity contribution in [2.75, 3.05) is 26.2 Å². The Balaban J connectivity index is 1.34. The van der Waals surface area contributed by atoms with E-state index >= 15 is 0 Å². The molecule has 1 aliphatic rings. The van der Waals surface area contributed by atoms with Crippen LogP contribution in [0, 0.1) is 0 Å². The molecule has 1 fully saturated rings. The summed E-state index contributed by atoms with van der Waals surface area (Å²) < 4.78 is 11.8. The largest absolute Gasteiger partial charge is 0.492 e. The van der Waals surface area contributed by atoms with Crippen LogP contribution in [0.3, 0.4) is 0 Å². The molecule has 4 nitrogen and oxygen atoms in total. The van der Waals surface area contributed by atoms with E-state index in [0.29, 0.717) is 5.89 Å². The van der Waals surface area contributed by atoms with Crippen LogP contribution in [0.25, 0.3) is 33.3 Å². The number of aromatic nitrogens is 1. The average Bonchev–Trinajstić information content (AvgIpc) is 3.37. The van der Waals surface area contributed by atoms with Crippen LogP contribution in [-0.2, 0) is 0 Å². The van der Waals surface area contributed by atoms with Crippen molar-refractivity contribution in [2.45, 2.75) is 12.8 Å². The minimum absolute atomic E-state index is 0.657. The van der Waals surface area contributed by atoms with Gasteiger partial charge in [0, 0.05) is 12.1 Å². The Morgan fingerprint density at radius 2 is 1.74 bits per heavy atom. The summed E-state index contributed by atoms with van der Waals surface area (Å²) in [6.45, 7) is 4.17. The van der Waals surface area contributed by atoms with Crippen LogP contribution in [0.15, 0.2) is 65.1 Å². The third-order valence-electron chi connectivity index (χ3n) is 5.23. The maximum absolute atomic E-state index is 5.96. The molecule has 4 aromatic rings. The summed E-state index contributed by atoms with van der Waals surface area (Å²) >= 11 is 0. The predicted octanol–water partition coefficient (Wildman–Crippen LogP) is 5.12. The third-order valence-corrected chi connectivity index (χ3v) is 5.23. The van der Waals surface area contributed by atoms with E-state index in [9.17, 15) is 0 Å². The van der Waals surface area contributed by atoms with Crippen molar-refractivity contribution in [1.29, 1.82) is 0 Å². The summed E-state index contributed by atoms with van der Waals surface area (Å²) in [5.74, 6) is 1.58. The van der Waals surface area contributed by atoms with Gasteiger partial charge in [-0.3, -0.25) is 4.90 Å². The zero-order valence-corrected chi connectivity index (χ0v) is 15.2. The van der Waals surface area contributed by atoms with Crippen molar-refractivity contribution >= 4 is 21.9 Å². The SMILES string of the molecule is c1ccc2oc(-c3ccc4cc(OCCN5CCCC5)ccc4c3)nc2c1. The second kappa shape index (κ2) is 7.05. The van der Waals surface area contributed by atoms with Gasteiger partial charge in [-0.05, 0) is 73.1 Å². The second-order valence-electron chi connectivity index (χ2n) is 7.11. The minimum Gasteiger partial charge on any atom is -0.492 e. The van der Waals surface area contributed by atoms with E-state index in [-0.39, 0.29) is 0 Å². The molecule has 4 heteroatoms. The van der Waals surface area contributed by atoms with E-state index in [1.54, 1.807) is 0 Å². The average molecular weight is 358 g/mol. The van der Waals surface area contributed by atoms with Crippen molar-refractivity contribution in [3.05, 3.63) is 60.7 Å². The fraction of sp³-hybridized carbons (Fsp3) is 0.261. The summed E-state index contributed by atoms with van der Waals surface area (Å²) in [5, 5.41) is 2.31. The molecule has 1 saturated heterocycles. The standard InChI is InChI=1S/C23H22N2O2/c1-2-6-22-21(5-1)24-23(27-22)19-8-7-18-16-20(10-9-17(18)15-19)26-14-13-25-11-3-4-12-25/h1-2,5-10,15-16H,3-4,11-14H2. The summed E-state index contributed by atoms with van der Waals surface area (Å²) in [4.78, 5) is 7.06. The van der Waals surface area contributed by atoms with E-state index < -0.39 is 0 Å². The van der Waals surface area contributed by atoms with Crippen LogP contribution in [0.4, 0.5) is 0 Å². The van der Waals surface area contributed by atoms with Gasteiger partial charge in [-0.1, -0.05) is 24.3 Å². The Hall–Kier alpha value is -2.85. The molecule has 0 saturated carbocycles. The maximum atomic E-state index is 5.96. The van der Waals surface area contributed by atoms with Crippen LogP contribution in [0.5, 0.6) is 5.75 Å². The fourth-order valence-corrected chi connectivity index (χ4v) is 3.74. The van der Waals surface area contributed by atoms with Gasteiger partial charge in [0.1, 0.15) is 17.9 Å². The maximum Gasteiger partial charge on any atom is 0.227 e. The Morgan fingerprint density at radius 3 is 2.63 bits per heavy atom. The first-order valence-corrected chi connectivity index (χ1v) is 9.60. The molecule has 3 aromatic carbocycles. The van der Waals surface area contributed by atoms with E-state index in [1.807, 2.05) is 30.3 Å². The van der Waals surface area contributed by atoms with Gasteiger partial charge in [-0.2, -0.15) is 0 Å². The third kappa shape index (κ3) is 3.40. The number of ether oxygens (including phenoxy) is 1. The van der Waals surface area contributed by atoms with Crippen molar-refractivity contribution < 1.29 is 9.15 Å². The van der Waals surface area contributed by atoms with Gasteiger partial charge in [0.05, 0.1) is 0 Å². The summed E-state index contributed by atoms with van der Waals surface area (Å²) in [6.07, 6.45) is 2.64. The van der Waals surface area contributed by atoms with Crippen molar-refractivity contribution in [2.24, 2.45) is 0 Å². The van der Waals surface area contributed by atoms with Crippen LogP contribution in [-0.4, -0.2) is 36.1 Å². The number of oxazole rings is 1. The Morgan fingerprint density at radius 1 is 0.926 bits per heavy atom. The number of benzene rings is 3. The molecule has 0 radical (unpaired) electrons. The summed E-state index contributed by atoms with van der Waals surface area (Å²) in [7, 11) is 0. The zero-order valence-electron chi connectivity index (χ0n) is 15.2. The lowest BCUT2D eigenvalue weighted by Gasteiger charge is -2.15. The van der Waals surface area contributed by atoms with Crippen LogP contribution in [0.2, 0.25) is 0 Å². The second-order valence-corrected chi connectivity index (χ2v) is 7.11. The lowest BCUT2D eigenvalue weighted by atomic mass is 10.1. The number of nitrogens with zero attached hydrogens (tertiary/aromatic N) is 2. The Labute approximate surface area is 158 Å². The highest BCUT2D eigenvalue weighted by Crippen LogP contribution is 2.28. The molecular formula is C23H22N2O2. The molecule has 27 heavy (non-hydrogen) atoms. The van der Waals surface area contributed by atoms with Crippen molar-refractivity contribution in [3.63, 3.8) is 0 Å². The molecule has 0 unspecified atom stereocenters. The number of fused-ring (bicyclic) bond motifs is 2. The highest BCUT2D eigenvalue weighted by atomic mass is 16.5. The normalized spacial score (nSPS) is 15.0. The smallest absolute Gasteiger partial charge is 0.227 e. The zero-order chi connectivity index (χ0) is 18.1. The highest BCUT2D eigenvalue weighted by Gasteiger charge is 2.11. The number of hydrogen-bond acceptors (Lipinski definition) is 4. The molecule has 1 aliphatic heterocycles. The summed E-state index contributed by atoms with van der Waals surface area (Å²) in [5.41, 5.74) is 2.69. The van der Waals surface area contributed by atoms with Crippen molar-refractivity contribution in [3.8, 4) is 17.2 Å². The molecule has 0 spiro atoms. The molecule has 1 aromatic heterocycles. The van der Waals surface area contributed by atoms with Crippen LogP contribution in [0.1, 0.15) is 12.8 Å². The van der Waals surface area contributed by atoms with Crippen molar-refractivity contribution in [1.82, 2.24) is 9.88 Å². The first-order chi connectivity index (χ1) is 13.3. The fourth-order valence-electron chi connectivity index (χ4n) is 3.74. The van der Waals surface area contributed by atoms with Crippen LogP contribution >= 0.6 is 0 Å². The van der Waals surface area contributed by atoms with Gasteiger partial charge in [0.15, 0.2) is 5.58 Å². The van der Waals surface area contributed by atoms with Gasteiger partial charge in [-0.25, -0.2) is 4.98 Å². The molecule has 5 rings (SSSR count). The number of para-hydroxylation sites is 2. The van der Waals surface area contributed by atoms with E-state index in [4.69, 9.17) is 9.15 Å². The Bertz CT molecular complexity index is 1050. The molecule has 136 valence electrons. The van der Waals surface area contributed by atoms with Gasteiger partial charge in [-0.15, -0.1) is 0 Å². The quantitative estimate of drug-likeness (QED) is 0.496. The topological polar surface area (TPSA) is 38.5 Å². The lowest BCUT2D eigenvalue weighted by Crippen LogP contribution is -2.25. The first kappa shape index (κ1) is 16.3. The van der Waals surface area contributed by atoms with Crippen LogP contribution < -0.4 is 4.74 Å². The van der Waals surface area contributed by atoms with Gasteiger partial charge in [0.2, 0.25) is 5.89 Å². The lowest BCUT2D eigenvalue weighted by molar-refractivity contribution is 0.238. The van der Waals surface area contributed by atoms with Gasteiger partial charge >= 0.3 is 0 Å². The van der Waals surface area contributed by atoms with E-state index in [2.05, 4.69) is 40.2 Å². The monoisotopic (exact) mass is 358 g/mol. The molecule has 0 N–H and O–H groups in total. The van der Waals surface area contributed by atoms with E-state index in [0.717, 1.165) is 46.3 Å². The molecule has 0 amide bonds. The summed E-state index contributed by atoms with van der Waals surface area (Å²) in [6, 6.07) is 20.4. The molecule has 0 bridgehead atoms. The number of likely N-dealkylation sites (tertiary alicyclic amines) is 1. The predicted molar refractivity (Wildman–Crippen MR) is 108 cm³/mol. The first-order valence-electron chi connectivity index (χ1n) is 9.60. The highest BCUT2D eigenvalue weighted by molar-refractivity contribution is 5.88. The van der Waals surface area contributed by atoms with Gasteiger partial charge < -0.3 is 9.15 Å². The van der Waals surface area contributed by atoms with E-state index in [1.165, 1.54) is 25.9 Å². The number of hydrogen-bond donors (Lipinski definition) is 0. The molecule has 2 heterocycles. The van der Waals surface area contributed by atoms with Gasteiger partial charge in [0.25, 0.3) is 0 Å². The molecular weight excluding hydrogens is 336 g/mol. The molecule has 0 aliphatic carbocycles. The number of rotatable bonds is 5.